The molecule has 0 spiro atoms. The van der Waals surface area contributed by atoms with E-state index in [1.54, 1.807) is 29.7 Å². The highest BCUT2D eigenvalue weighted by Crippen LogP contribution is 2.34. The third kappa shape index (κ3) is 2.38. The maximum atomic E-state index is 9.56. The van der Waals surface area contributed by atoms with Crippen LogP contribution in [-0.2, 0) is 0 Å². The molecule has 4 rings (SSSR count). The van der Waals surface area contributed by atoms with Crippen molar-refractivity contribution in [2.75, 3.05) is 0 Å². The van der Waals surface area contributed by atoms with Crippen LogP contribution in [0.3, 0.4) is 0 Å². The van der Waals surface area contributed by atoms with Crippen molar-refractivity contribution in [2.45, 2.75) is 0 Å². The molecular weight excluding hydrogens is 411 g/mol. The Hall–Kier alpha value is -1.93. The molecule has 2 aromatic heterocycles. The van der Waals surface area contributed by atoms with Crippen molar-refractivity contribution in [3.63, 3.8) is 0 Å². The molecule has 4 nitrogen and oxygen atoms in total. The van der Waals surface area contributed by atoms with Crippen molar-refractivity contribution in [1.29, 1.82) is 0 Å². The number of aromatic nitrogens is 2. The number of phenols is 1. The number of fused-ring (bicyclic) bond motifs is 1. The van der Waals surface area contributed by atoms with E-state index in [9.17, 15) is 5.11 Å². The Morgan fingerprint density at radius 1 is 1.14 bits per heavy atom. The molecule has 2 heterocycles. The maximum Gasteiger partial charge on any atom is 0.181 e. The molecule has 22 heavy (non-hydrogen) atoms. The Morgan fingerprint density at radius 3 is 2.82 bits per heavy atom. The van der Waals surface area contributed by atoms with E-state index < -0.39 is 0 Å². The van der Waals surface area contributed by atoms with E-state index in [4.69, 9.17) is 4.42 Å². The molecule has 0 saturated carbocycles. The Labute approximate surface area is 143 Å². The first kappa shape index (κ1) is 13.7. The summed E-state index contributed by atoms with van der Waals surface area (Å²) in [7, 11) is 0. The van der Waals surface area contributed by atoms with Gasteiger partial charge < -0.3 is 9.52 Å². The molecule has 1 N–H and O–H groups in total. The van der Waals surface area contributed by atoms with Crippen molar-refractivity contribution in [2.24, 2.45) is 0 Å². The average molecular weight is 420 g/mol. The summed E-state index contributed by atoms with van der Waals surface area (Å²) in [6, 6.07) is 11.3. The highest BCUT2D eigenvalue weighted by atomic mass is 127. The van der Waals surface area contributed by atoms with E-state index in [-0.39, 0.29) is 5.75 Å². The fourth-order valence-corrected chi connectivity index (χ4v) is 4.01. The standard InChI is InChI=1S/C16H9IN2O2S/c17-12-5-9(1-3-11(12)14-7-18-8-21-14)16-19-13-4-2-10(20)6-15(13)22-16/h1-8,20H. The molecular formula is C16H9IN2O2S. The summed E-state index contributed by atoms with van der Waals surface area (Å²) in [5.74, 6) is 1.02. The van der Waals surface area contributed by atoms with Crippen LogP contribution in [0, 0.1) is 3.57 Å². The Kier molecular flexibility index (Phi) is 3.34. The number of phenolic OH excluding ortho intramolecular Hbond substituents is 1. The largest absolute Gasteiger partial charge is 0.508 e. The summed E-state index contributed by atoms with van der Waals surface area (Å²) >= 11 is 3.85. The highest BCUT2D eigenvalue weighted by molar-refractivity contribution is 14.1. The summed E-state index contributed by atoms with van der Waals surface area (Å²) in [6.07, 6.45) is 3.14. The zero-order chi connectivity index (χ0) is 15.1. The zero-order valence-electron chi connectivity index (χ0n) is 11.2. The summed E-state index contributed by atoms with van der Waals surface area (Å²) in [4.78, 5) is 8.58. The topological polar surface area (TPSA) is 59.2 Å². The number of benzene rings is 2. The van der Waals surface area contributed by atoms with E-state index >= 15 is 0 Å². The van der Waals surface area contributed by atoms with Crippen LogP contribution in [0.15, 0.2) is 53.4 Å². The van der Waals surface area contributed by atoms with Crippen molar-refractivity contribution < 1.29 is 9.52 Å². The smallest absolute Gasteiger partial charge is 0.181 e. The molecule has 0 unspecified atom stereocenters. The van der Waals surface area contributed by atoms with Gasteiger partial charge in [-0.05, 0) is 52.9 Å². The third-order valence-corrected chi connectivity index (χ3v) is 5.25. The van der Waals surface area contributed by atoms with Gasteiger partial charge in [-0.15, -0.1) is 11.3 Å². The van der Waals surface area contributed by atoms with Gasteiger partial charge in [0.05, 0.1) is 16.4 Å². The minimum Gasteiger partial charge on any atom is -0.508 e. The molecule has 6 heteroatoms. The van der Waals surface area contributed by atoms with Crippen molar-refractivity contribution in [3.05, 3.63) is 52.6 Å². The number of halogens is 1. The average Bonchev–Trinajstić information content (AvgIpc) is 3.15. The fraction of sp³-hybridized carbons (Fsp3) is 0. The second kappa shape index (κ2) is 5.36. The summed E-state index contributed by atoms with van der Waals surface area (Å²) < 4.78 is 7.40. The van der Waals surface area contributed by atoms with Crippen LogP contribution in [0.1, 0.15) is 0 Å². The van der Waals surface area contributed by atoms with Crippen LogP contribution >= 0.6 is 33.9 Å². The monoisotopic (exact) mass is 420 g/mol. The third-order valence-electron chi connectivity index (χ3n) is 3.29. The number of oxazole rings is 1. The van der Waals surface area contributed by atoms with E-state index in [2.05, 4.69) is 38.6 Å². The van der Waals surface area contributed by atoms with Gasteiger partial charge in [-0.25, -0.2) is 9.97 Å². The van der Waals surface area contributed by atoms with Gasteiger partial charge in [0.2, 0.25) is 0 Å². The SMILES string of the molecule is Oc1ccc2nc(-c3ccc(-c4cnco4)c(I)c3)sc2c1. The molecule has 0 aliphatic carbocycles. The van der Waals surface area contributed by atoms with Gasteiger partial charge in [0.25, 0.3) is 0 Å². The number of rotatable bonds is 2. The first-order chi connectivity index (χ1) is 10.7. The van der Waals surface area contributed by atoms with Crippen molar-refractivity contribution >= 4 is 44.1 Å². The second-order valence-electron chi connectivity index (χ2n) is 4.73. The van der Waals surface area contributed by atoms with Gasteiger partial charge in [0, 0.05) is 14.7 Å². The lowest BCUT2D eigenvalue weighted by Crippen LogP contribution is -1.83. The zero-order valence-corrected chi connectivity index (χ0v) is 14.1. The fourth-order valence-electron chi connectivity index (χ4n) is 2.23. The Morgan fingerprint density at radius 2 is 2.05 bits per heavy atom. The summed E-state index contributed by atoms with van der Waals surface area (Å²) in [6.45, 7) is 0. The van der Waals surface area contributed by atoms with Crippen LogP contribution in [0.4, 0.5) is 0 Å². The number of hydrogen-bond acceptors (Lipinski definition) is 5. The van der Waals surface area contributed by atoms with Gasteiger partial charge >= 0.3 is 0 Å². The molecule has 0 atom stereocenters. The Balaban J connectivity index is 1.80. The lowest BCUT2D eigenvalue weighted by molar-refractivity contribution is 0.476. The van der Waals surface area contributed by atoms with Crippen molar-refractivity contribution in [3.8, 4) is 27.6 Å². The van der Waals surface area contributed by atoms with E-state index in [1.165, 1.54) is 6.39 Å². The van der Waals surface area contributed by atoms with Crippen LogP contribution in [0.2, 0.25) is 0 Å². The highest BCUT2D eigenvalue weighted by Gasteiger charge is 2.11. The Bertz CT molecular complexity index is 964. The lowest BCUT2D eigenvalue weighted by atomic mass is 10.1. The second-order valence-corrected chi connectivity index (χ2v) is 6.92. The minimum atomic E-state index is 0.262. The van der Waals surface area contributed by atoms with Gasteiger partial charge in [0.1, 0.15) is 10.8 Å². The minimum absolute atomic E-state index is 0.262. The predicted octanol–water partition coefficient (Wildman–Crippen LogP) is 4.93. The van der Waals surface area contributed by atoms with Gasteiger partial charge in [-0.1, -0.05) is 6.07 Å². The first-order valence-electron chi connectivity index (χ1n) is 6.49. The van der Waals surface area contributed by atoms with Gasteiger partial charge in [0.15, 0.2) is 12.2 Å². The molecule has 0 bridgehead atoms. The molecule has 0 amide bonds. The summed E-state index contributed by atoms with van der Waals surface area (Å²) in [5.41, 5.74) is 2.96. The number of hydrogen-bond donors (Lipinski definition) is 1. The van der Waals surface area contributed by atoms with Gasteiger partial charge in [-0.2, -0.15) is 0 Å². The number of thiazole rings is 1. The van der Waals surface area contributed by atoms with E-state index in [0.29, 0.717) is 0 Å². The lowest BCUT2D eigenvalue weighted by Gasteiger charge is -2.03. The quantitative estimate of drug-likeness (QED) is 0.468. The van der Waals surface area contributed by atoms with E-state index in [1.807, 2.05) is 18.2 Å². The first-order valence-corrected chi connectivity index (χ1v) is 8.38. The van der Waals surface area contributed by atoms with Crippen LogP contribution in [0.25, 0.3) is 32.1 Å². The van der Waals surface area contributed by atoms with Gasteiger partial charge in [-0.3, -0.25) is 0 Å². The van der Waals surface area contributed by atoms with Crippen LogP contribution in [0.5, 0.6) is 5.75 Å². The molecule has 0 aliphatic heterocycles. The predicted molar refractivity (Wildman–Crippen MR) is 94.9 cm³/mol. The van der Waals surface area contributed by atoms with Crippen LogP contribution in [-0.4, -0.2) is 15.1 Å². The molecule has 108 valence electrons. The maximum absolute atomic E-state index is 9.56. The number of aromatic hydroxyl groups is 1. The van der Waals surface area contributed by atoms with Crippen molar-refractivity contribution in [1.82, 2.24) is 9.97 Å². The summed E-state index contributed by atoms with van der Waals surface area (Å²) in [5, 5.41) is 10.5. The molecule has 0 saturated heterocycles. The molecule has 4 aromatic rings. The molecule has 0 fully saturated rings. The molecule has 0 aliphatic rings. The van der Waals surface area contributed by atoms with E-state index in [0.717, 1.165) is 35.7 Å². The normalized spacial score (nSPS) is 11.1. The number of nitrogens with zero attached hydrogens (tertiary/aromatic N) is 2. The van der Waals surface area contributed by atoms with Crippen LogP contribution < -0.4 is 0 Å². The molecule has 0 radical (unpaired) electrons. The molecule has 2 aromatic carbocycles.